The van der Waals surface area contributed by atoms with E-state index in [9.17, 15) is 10.1 Å². The number of rotatable bonds is 5. The topological polar surface area (TPSA) is 81.0 Å². The first-order valence-electron chi connectivity index (χ1n) is 5.91. The molecule has 2 aromatic heterocycles. The highest BCUT2D eigenvalue weighted by atomic mass is 16.6. The van der Waals surface area contributed by atoms with Crippen LogP contribution in [0.3, 0.4) is 0 Å². The van der Waals surface area contributed by atoms with Crippen LogP contribution in [0.1, 0.15) is 11.3 Å². The quantitative estimate of drug-likeness (QED) is 0.657. The number of hydrogen-bond acceptors (Lipinski definition) is 5. The van der Waals surface area contributed by atoms with Gasteiger partial charge in [0.25, 0.3) is 0 Å². The highest BCUT2D eigenvalue weighted by molar-refractivity contribution is 5.56. The Balaban J connectivity index is 2.02. The molecule has 2 rings (SSSR count). The summed E-state index contributed by atoms with van der Waals surface area (Å²) in [6, 6.07) is 7.19. The molecule has 19 heavy (non-hydrogen) atoms. The monoisotopic (exact) mass is 258 g/mol. The van der Waals surface area contributed by atoms with Crippen LogP contribution in [-0.4, -0.2) is 21.4 Å². The van der Waals surface area contributed by atoms with E-state index in [1.165, 1.54) is 6.07 Å². The van der Waals surface area contributed by atoms with Crippen molar-refractivity contribution in [3.8, 4) is 0 Å². The van der Waals surface area contributed by atoms with Gasteiger partial charge < -0.3 is 5.32 Å². The van der Waals surface area contributed by atoms with Gasteiger partial charge in [-0.05, 0) is 24.6 Å². The van der Waals surface area contributed by atoms with Gasteiger partial charge in [-0.2, -0.15) is 0 Å². The van der Waals surface area contributed by atoms with E-state index < -0.39 is 4.92 Å². The van der Waals surface area contributed by atoms with Crippen LogP contribution in [0.15, 0.2) is 36.7 Å². The van der Waals surface area contributed by atoms with Crippen LogP contribution in [-0.2, 0) is 6.42 Å². The molecule has 0 saturated carbocycles. The molecule has 6 heteroatoms. The smallest absolute Gasteiger partial charge is 0.311 e. The van der Waals surface area contributed by atoms with Crippen LogP contribution in [0, 0.1) is 17.0 Å². The van der Waals surface area contributed by atoms with Gasteiger partial charge in [0.15, 0.2) is 0 Å². The number of pyridine rings is 2. The minimum Gasteiger partial charge on any atom is -0.364 e. The van der Waals surface area contributed by atoms with Crippen molar-refractivity contribution < 1.29 is 4.92 Å². The SMILES string of the molecule is Cc1cnc(NCCc2ccccn2)c([N+](=O)[O-])c1. The number of aromatic nitrogens is 2. The van der Waals surface area contributed by atoms with E-state index >= 15 is 0 Å². The summed E-state index contributed by atoms with van der Waals surface area (Å²) in [6.45, 7) is 2.32. The highest BCUT2D eigenvalue weighted by Gasteiger charge is 2.14. The second-order valence-electron chi connectivity index (χ2n) is 4.14. The van der Waals surface area contributed by atoms with Crippen molar-refractivity contribution in [2.45, 2.75) is 13.3 Å². The minimum atomic E-state index is -0.427. The lowest BCUT2D eigenvalue weighted by molar-refractivity contribution is -0.384. The molecule has 6 nitrogen and oxygen atoms in total. The van der Waals surface area contributed by atoms with Crippen molar-refractivity contribution in [1.29, 1.82) is 0 Å². The predicted molar refractivity (Wildman–Crippen MR) is 72.1 cm³/mol. The maximum atomic E-state index is 10.9. The molecule has 0 radical (unpaired) electrons. The maximum absolute atomic E-state index is 10.9. The molecule has 0 aliphatic carbocycles. The third-order valence-electron chi connectivity index (χ3n) is 2.60. The maximum Gasteiger partial charge on any atom is 0.311 e. The van der Waals surface area contributed by atoms with E-state index in [0.717, 1.165) is 11.3 Å². The first-order valence-corrected chi connectivity index (χ1v) is 5.91. The van der Waals surface area contributed by atoms with Crippen molar-refractivity contribution in [1.82, 2.24) is 9.97 Å². The molecule has 98 valence electrons. The second kappa shape index (κ2) is 5.90. The van der Waals surface area contributed by atoms with E-state index in [2.05, 4.69) is 15.3 Å². The van der Waals surface area contributed by atoms with E-state index in [1.807, 2.05) is 18.2 Å². The molecule has 0 bridgehead atoms. The Morgan fingerprint density at radius 2 is 2.21 bits per heavy atom. The Labute approximate surface area is 110 Å². The van der Waals surface area contributed by atoms with Gasteiger partial charge in [0.2, 0.25) is 5.82 Å². The highest BCUT2D eigenvalue weighted by Crippen LogP contribution is 2.22. The zero-order chi connectivity index (χ0) is 13.7. The Kier molecular flexibility index (Phi) is 4.02. The Bertz CT molecular complexity index is 572. The molecule has 0 aliphatic heterocycles. The molecule has 0 aliphatic rings. The molecule has 0 saturated heterocycles. The van der Waals surface area contributed by atoms with E-state index in [4.69, 9.17) is 0 Å². The standard InChI is InChI=1S/C13H14N4O2/c1-10-8-12(17(18)19)13(16-9-10)15-7-5-11-4-2-3-6-14-11/h2-4,6,8-9H,5,7H2,1H3,(H,15,16). The van der Waals surface area contributed by atoms with Gasteiger partial charge in [-0.3, -0.25) is 15.1 Å². The van der Waals surface area contributed by atoms with Gasteiger partial charge in [0, 0.05) is 37.1 Å². The molecule has 0 amide bonds. The Hall–Kier alpha value is -2.50. The van der Waals surface area contributed by atoms with Crippen LogP contribution >= 0.6 is 0 Å². The van der Waals surface area contributed by atoms with Crippen LogP contribution < -0.4 is 5.32 Å². The average molecular weight is 258 g/mol. The largest absolute Gasteiger partial charge is 0.364 e. The van der Waals surface area contributed by atoms with E-state index in [1.54, 1.807) is 19.3 Å². The number of anilines is 1. The fraction of sp³-hybridized carbons (Fsp3) is 0.231. The third-order valence-corrected chi connectivity index (χ3v) is 2.60. The van der Waals surface area contributed by atoms with Crippen molar-refractivity contribution >= 4 is 11.5 Å². The first-order chi connectivity index (χ1) is 9.16. The summed E-state index contributed by atoms with van der Waals surface area (Å²) < 4.78 is 0. The molecule has 0 aromatic carbocycles. The predicted octanol–water partition coefficient (Wildman–Crippen LogP) is 2.35. The summed E-state index contributed by atoms with van der Waals surface area (Å²) in [7, 11) is 0. The fourth-order valence-corrected chi connectivity index (χ4v) is 1.68. The average Bonchev–Trinajstić information content (AvgIpc) is 2.41. The molecule has 1 N–H and O–H groups in total. The number of nitrogens with one attached hydrogen (secondary N) is 1. The van der Waals surface area contributed by atoms with Crippen LogP contribution in [0.25, 0.3) is 0 Å². The first kappa shape index (κ1) is 12.9. The van der Waals surface area contributed by atoms with Crippen LogP contribution in [0.5, 0.6) is 0 Å². The van der Waals surface area contributed by atoms with Gasteiger partial charge in [0.05, 0.1) is 4.92 Å². The van der Waals surface area contributed by atoms with E-state index in [-0.39, 0.29) is 5.69 Å². The van der Waals surface area contributed by atoms with Gasteiger partial charge >= 0.3 is 5.69 Å². The summed E-state index contributed by atoms with van der Waals surface area (Å²) >= 11 is 0. The normalized spacial score (nSPS) is 10.2. The lowest BCUT2D eigenvalue weighted by Crippen LogP contribution is -2.09. The molecule has 0 unspecified atom stereocenters. The molecular formula is C13H14N4O2. The fourth-order valence-electron chi connectivity index (χ4n) is 1.68. The van der Waals surface area contributed by atoms with Crippen molar-refractivity contribution in [2.24, 2.45) is 0 Å². The second-order valence-corrected chi connectivity index (χ2v) is 4.14. The lowest BCUT2D eigenvalue weighted by Gasteiger charge is -2.06. The van der Waals surface area contributed by atoms with E-state index in [0.29, 0.717) is 18.8 Å². The molecule has 0 atom stereocenters. The number of hydrogen-bond donors (Lipinski definition) is 1. The lowest BCUT2D eigenvalue weighted by atomic mass is 10.2. The number of aryl methyl sites for hydroxylation is 1. The van der Waals surface area contributed by atoms with Crippen LogP contribution in [0.2, 0.25) is 0 Å². The summed E-state index contributed by atoms with van der Waals surface area (Å²) in [6.07, 6.45) is 4.02. The molecule has 2 aromatic rings. The minimum absolute atomic E-state index is 0.000945. The van der Waals surface area contributed by atoms with Crippen molar-refractivity contribution in [2.75, 3.05) is 11.9 Å². The number of nitro groups is 1. The van der Waals surface area contributed by atoms with Gasteiger partial charge in [-0.1, -0.05) is 6.07 Å². The van der Waals surface area contributed by atoms with Crippen LogP contribution in [0.4, 0.5) is 11.5 Å². The zero-order valence-electron chi connectivity index (χ0n) is 10.5. The van der Waals surface area contributed by atoms with Gasteiger partial charge in [0.1, 0.15) is 0 Å². The van der Waals surface area contributed by atoms with Crippen molar-refractivity contribution in [3.05, 3.63) is 58.0 Å². The van der Waals surface area contributed by atoms with Gasteiger partial charge in [-0.15, -0.1) is 0 Å². The summed E-state index contributed by atoms with van der Waals surface area (Å²) in [5, 5.41) is 13.9. The van der Waals surface area contributed by atoms with Crippen molar-refractivity contribution in [3.63, 3.8) is 0 Å². The summed E-state index contributed by atoms with van der Waals surface area (Å²) in [5.74, 6) is 0.298. The Morgan fingerprint density at radius 1 is 1.37 bits per heavy atom. The van der Waals surface area contributed by atoms with Gasteiger partial charge in [-0.25, -0.2) is 4.98 Å². The third kappa shape index (κ3) is 3.48. The summed E-state index contributed by atoms with van der Waals surface area (Å²) in [4.78, 5) is 18.7. The Morgan fingerprint density at radius 3 is 2.89 bits per heavy atom. The zero-order valence-corrected chi connectivity index (χ0v) is 10.5. The number of nitrogens with zero attached hydrogens (tertiary/aromatic N) is 3. The molecule has 2 heterocycles. The molecular weight excluding hydrogens is 244 g/mol. The molecule has 0 fully saturated rings. The summed E-state index contributed by atoms with van der Waals surface area (Å²) in [5.41, 5.74) is 1.70. The molecule has 0 spiro atoms.